The molecular formula is C12H22O4S. The summed E-state index contributed by atoms with van der Waals surface area (Å²) in [6.45, 7) is 0.548. The lowest BCUT2D eigenvalue weighted by atomic mass is 9.83. The first-order chi connectivity index (χ1) is 8.16. The van der Waals surface area contributed by atoms with Crippen LogP contribution in [0.25, 0.3) is 0 Å². The SMILES string of the molecule is O=S(=O)(OCCC1CCC1)OCCC1CCC1. The van der Waals surface area contributed by atoms with E-state index in [1.807, 2.05) is 0 Å². The first-order valence-electron chi connectivity index (χ1n) is 6.69. The normalized spacial score (nSPS) is 22.1. The van der Waals surface area contributed by atoms with E-state index < -0.39 is 10.4 Å². The molecule has 0 aliphatic heterocycles. The van der Waals surface area contributed by atoms with Crippen LogP contribution in [0.5, 0.6) is 0 Å². The molecule has 0 aromatic rings. The fraction of sp³-hybridized carbons (Fsp3) is 1.00. The van der Waals surface area contributed by atoms with E-state index in [1.165, 1.54) is 38.5 Å². The molecule has 0 aromatic heterocycles. The highest BCUT2D eigenvalue weighted by molar-refractivity contribution is 7.81. The molecule has 100 valence electrons. The first-order valence-corrected chi connectivity index (χ1v) is 8.03. The number of rotatable bonds is 8. The minimum absolute atomic E-state index is 0.274. The van der Waals surface area contributed by atoms with Gasteiger partial charge in [-0.1, -0.05) is 38.5 Å². The van der Waals surface area contributed by atoms with Gasteiger partial charge in [-0.3, -0.25) is 0 Å². The molecular weight excluding hydrogens is 240 g/mol. The Morgan fingerprint density at radius 1 is 0.824 bits per heavy atom. The van der Waals surface area contributed by atoms with E-state index in [9.17, 15) is 8.42 Å². The summed E-state index contributed by atoms with van der Waals surface area (Å²) < 4.78 is 32.4. The van der Waals surface area contributed by atoms with Crippen molar-refractivity contribution in [3.63, 3.8) is 0 Å². The van der Waals surface area contributed by atoms with Gasteiger partial charge in [0.15, 0.2) is 0 Å². The number of hydrogen-bond donors (Lipinski definition) is 0. The molecule has 0 atom stereocenters. The molecule has 4 nitrogen and oxygen atoms in total. The highest BCUT2D eigenvalue weighted by atomic mass is 32.3. The van der Waals surface area contributed by atoms with Gasteiger partial charge in [0, 0.05) is 0 Å². The van der Waals surface area contributed by atoms with Gasteiger partial charge in [-0.2, -0.15) is 8.42 Å². The van der Waals surface area contributed by atoms with Gasteiger partial charge in [-0.05, 0) is 24.7 Å². The number of hydrogen-bond acceptors (Lipinski definition) is 4. The van der Waals surface area contributed by atoms with Crippen LogP contribution in [0.15, 0.2) is 0 Å². The van der Waals surface area contributed by atoms with Crippen molar-refractivity contribution >= 4 is 10.4 Å². The summed E-state index contributed by atoms with van der Waals surface area (Å²) in [6, 6.07) is 0. The Labute approximate surface area is 104 Å². The average molecular weight is 262 g/mol. The molecule has 2 aliphatic carbocycles. The smallest absolute Gasteiger partial charge is 0.248 e. The van der Waals surface area contributed by atoms with Crippen molar-refractivity contribution in [2.24, 2.45) is 11.8 Å². The average Bonchev–Trinajstić information content (AvgIpc) is 2.14. The highest BCUT2D eigenvalue weighted by Gasteiger charge is 2.21. The summed E-state index contributed by atoms with van der Waals surface area (Å²) in [5.41, 5.74) is 0. The van der Waals surface area contributed by atoms with Gasteiger partial charge < -0.3 is 0 Å². The first kappa shape index (κ1) is 13.3. The molecule has 17 heavy (non-hydrogen) atoms. The molecule has 2 rings (SSSR count). The molecule has 0 aromatic carbocycles. The molecule has 0 amide bonds. The second kappa shape index (κ2) is 6.16. The molecule has 0 bridgehead atoms. The summed E-state index contributed by atoms with van der Waals surface area (Å²) >= 11 is 0. The lowest BCUT2D eigenvalue weighted by molar-refractivity contribution is 0.167. The van der Waals surface area contributed by atoms with Gasteiger partial charge in [-0.25, -0.2) is 8.37 Å². The van der Waals surface area contributed by atoms with Gasteiger partial charge in [0.25, 0.3) is 0 Å². The zero-order chi connectivity index (χ0) is 12.1. The maximum Gasteiger partial charge on any atom is 0.399 e. The summed E-state index contributed by atoms with van der Waals surface area (Å²) in [7, 11) is -3.74. The van der Waals surface area contributed by atoms with Crippen molar-refractivity contribution < 1.29 is 16.8 Å². The molecule has 0 radical (unpaired) electrons. The summed E-state index contributed by atoms with van der Waals surface area (Å²) in [5.74, 6) is 1.33. The molecule has 0 heterocycles. The topological polar surface area (TPSA) is 52.6 Å². The molecule has 5 heteroatoms. The van der Waals surface area contributed by atoms with E-state index >= 15 is 0 Å². The van der Waals surface area contributed by atoms with Crippen molar-refractivity contribution in [2.75, 3.05) is 13.2 Å². The summed E-state index contributed by atoms with van der Waals surface area (Å²) in [6.07, 6.45) is 9.08. The van der Waals surface area contributed by atoms with Crippen LogP contribution in [0.4, 0.5) is 0 Å². The Bertz CT molecular complexity index is 291. The van der Waals surface area contributed by atoms with Crippen LogP contribution in [0.2, 0.25) is 0 Å². The second-order valence-corrected chi connectivity index (χ2v) is 6.51. The van der Waals surface area contributed by atoms with Gasteiger partial charge in [0.1, 0.15) is 0 Å². The minimum atomic E-state index is -3.74. The molecule has 0 N–H and O–H groups in total. The van der Waals surface area contributed by atoms with Crippen LogP contribution in [-0.2, 0) is 18.8 Å². The van der Waals surface area contributed by atoms with Crippen LogP contribution in [0.1, 0.15) is 51.4 Å². The monoisotopic (exact) mass is 262 g/mol. The van der Waals surface area contributed by atoms with Crippen LogP contribution in [0.3, 0.4) is 0 Å². The van der Waals surface area contributed by atoms with Gasteiger partial charge in [0.2, 0.25) is 0 Å². The fourth-order valence-electron chi connectivity index (χ4n) is 2.23. The maximum absolute atomic E-state index is 11.4. The van der Waals surface area contributed by atoms with E-state index in [4.69, 9.17) is 8.37 Å². The Balaban J connectivity index is 1.53. The van der Waals surface area contributed by atoms with Crippen molar-refractivity contribution in [3.05, 3.63) is 0 Å². The lowest BCUT2D eigenvalue weighted by Crippen LogP contribution is -2.19. The molecule has 2 saturated carbocycles. The largest absolute Gasteiger partial charge is 0.399 e. The standard InChI is InChI=1S/C12H22O4S/c13-17(14,15-9-7-11-3-1-4-11)16-10-8-12-5-2-6-12/h11-12H,1-10H2. The third-order valence-electron chi connectivity index (χ3n) is 3.96. The predicted molar refractivity (Wildman–Crippen MR) is 64.7 cm³/mol. The predicted octanol–water partition coefficient (Wildman–Crippen LogP) is 2.64. The maximum atomic E-state index is 11.4. The lowest BCUT2D eigenvalue weighted by Gasteiger charge is -2.25. The van der Waals surface area contributed by atoms with E-state index in [0.717, 1.165) is 12.8 Å². The second-order valence-electron chi connectivity index (χ2n) is 5.22. The zero-order valence-corrected chi connectivity index (χ0v) is 11.1. The van der Waals surface area contributed by atoms with Crippen LogP contribution < -0.4 is 0 Å². The van der Waals surface area contributed by atoms with E-state index in [-0.39, 0.29) is 13.2 Å². The highest BCUT2D eigenvalue weighted by Crippen LogP contribution is 2.30. The molecule has 2 aliphatic rings. The van der Waals surface area contributed by atoms with E-state index in [2.05, 4.69) is 0 Å². The Morgan fingerprint density at radius 3 is 1.53 bits per heavy atom. The van der Waals surface area contributed by atoms with Crippen molar-refractivity contribution in [1.82, 2.24) is 0 Å². The Morgan fingerprint density at radius 2 is 1.24 bits per heavy atom. The van der Waals surface area contributed by atoms with Crippen LogP contribution >= 0.6 is 0 Å². The van der Waals surface area contributed by atoms with Crippen LogP contribution in [0, 0.1) is 11.8 Å². The molecule has 0 unspecified atom stereocenters. The molecule has 0 saturated heterocycles. The van der Waals surface area contributed by atoms with Gasteiger partial charge >= 0.3 is 10.4 Å². The minimum Gasteiger partial charge on any atom is -0.248 e. The summed E-state index contributed by atoms with van der Waals surface area (Å²) in [5, 5.41) is 0. The van der Waals surface area contributed by atoms with Crippen molar-refractivity contribution in [3.8, 4) is 0 Å². The Kier molecular flexibility index (Phi) is 4.82. The zero-order valence-electron chi connectivity index (χ0n) is 10.3. The van der Waals surface area contributed by atoms with E-state index in [1.54, 1.807) is 0 Å². The molecule has 2 fully saturated rings. The van der Waals surface area contributed by atoms with E-state index in [0.29, 0.717) is 11.8 Å². The van der Waals surface area contributed by atoms with Crippen LogP contribution in [-0.4, -0.2) is 21.6 Å². The third kappa shape index (κ3) is 4.56. The Hall–Kier alpha value is -0.130. The van der Waals surface area contributed by atoms with Gasteiger partial charge in [-0.15, -0.1) is 0 Å². The van der Waals surface area contributed by atoms with Gasteiger partial charge in [0.05, 0.1) is 13.2 Å². The fourth-order valence-corrected chi connectivity index (χ4v) is 2.90. The third-order valence-corrected chi connectivity index (χ3v) is 4.87. The quantitative estimate of drug-likeness (QED) is 0.675. The van der Waals surface area contributed by atoms with Crippen molar-refractivity contribution in [1.29, 1.82) is 0 Å². The molecule has 0 spiro atoms. The summed E-state index contributed by atoms with van der Waals surface area (Å²) in [4.78, 5) is 0. The van der Waals surface area contributed by atoms with Crippen molar-refractivity contribution in [2.45, 2.75) is 51.4 Å².